The lowest BCUT2D eigenvalue weighted by molar-refractivity contribution is -0.118. The van der Waals surface area contributed by atoms with E-state index in [1.807, 2.05) is 37.3 Å². The highest BCUT2D eigenvalue weighted by molar-refractivity contribution is 7.99. The quantitative estimate of drug-likeness (QED) is 0.811. The molecule has 2 aromatic rings. The molecule has 94 valence electrons. The van der Waals surface area contributed by atoms with Crippen molar-refractivity contribution < 1.29 is 4.79 Å². The maximum atomic E-state index is 11.4. The molecule has 1 aromatic heterocycles. The Hall–Kier alpha value is -1.89. The zero-order valence-corrected chi connectivity index (χ0v) is 10.7. The number of hydrogen-bond donors (Lipinski definition) is 1. The van der Waals surface area contributed by atoms with E-state index in [0.717, 1.165) is 5.69 Å². The molecule has 0 radical (unpaired) electrons. The van der Waals surface area contributed by atoms with Gasteiger partial charge < -0.3 is 5.32 Å². The van der Waals surface area contributed by atoms with Gasteiger partial charge in [-0.1, -0.05) is 30.0 Å². The first kappa shape index (κ1) is 12.6. The Morgan fingerprint density at radius 2 is 2.17 bits per heavy atom. The van der Waals surface area contributed by atoms with Gasteiger partial charge in [0, 0.05) is 6.54 Å². The normalized spacial score (nSPS) is 10.3. The van der Waals surface area contributed by atoms with Gasteiger partial charge in [0.05, 0.1) is 11.4 Å². The van der Waals surface area contributed by atoms with Crippen LogP contribution in [-0.4, -0.2) is 38.4 Å². The molecule has 18 heavy (non-hydrogen) atoms. The number of thioether (sulfide) groups is 1. The predicted molar refractivity (Wildman–Crippen MR) is 68.6 cm³/mol. The van der Waals surface area contributed by atoms with Crippen molar-refractivity contribution in [3.05, 3.63) is 30.3 Å². The standard InChI is InChI=1S/C11H13N5OS/c1-2-12-10(17)8-18-11-13-14-15-16(11)9-6-4-3-5-7-9/h3-7H,2,8H2,1H3,(H,12,17). The van der Waals surface area contributed by atoms with E-state index in [1.54, 1.807) is 4.68 Å². The summed E-state index contributed by atoms with van der Waals surface area (Å²) >= 11 is 1.31. The summed E-state index contributed by atoms with van der Waals surface area (Å²) in [5.74, 6) is 0.284. The molecular weight excluding hydrogens is 250 g/mol. The van der Waals surface area contributed by atoms with Crippen LogP contribution in [0.5, 0.6) is 0 Å². The van der Waals surface area contributed by atoms with Crippen LogP contribution >= 0.6 is 11.8 Å². The Morgan fingerprint density at radius 1 is 1.39 bits per heavy atom. The third-order valence-corrected chi connectivity index (χ3v) is 3.07. The Bertz CT molecular complexity index is 513. The van der Waals surface area contributed by atoms with Crippen LogP contribution in [0.3, 0.4) is 0 Å². The molecular formula is C11H13N5OS. The van der Waals surface area contributed by atoms with Crippen molar-refractivity contribution in [3.8, 4) is 5.69 Å². The van der Waals surface area contributed by atoms with Crippen LogP contribution in [-0.2, 0) is 4.79 Å². The number of carbonyl (C=O) groups excluding carboxylic acids is 1. The molecule has 0 aliphatic rings. The van der Waals surface area contributed by atoms with Crippen LogP contribution in [0.1, 0.15) is 6.92 Å². The van der Waals surface area contributed by atoms with Crippen LogP contribution in [0.4, 0.5) is 0 Å². The van der Waals surface area contributed by atoms with E-state index in [1.165, 1.54) is 11.8 Å². The monoisotopic (exact) mass is 263 g/mol. The summed E-state index contributed by atoms with van der Waals surface area (Å²) in [6.45, 7) is 2.51. The van der Waals surface area contributed by atoms with Crippen molar-refractivity contribution in [2.75, 3.05) is 12.3 Å². The van der Waals surface area contributed by atoms with Gasteiger partial charge in [-0.2, -0.15) is 4.68 Å². The van der Waals surface area contributed by atoms with Crippen LogP contribution < -0.4 is 5.32 Å². The van der Waals surface area contributed by atoms with E-state index >= 15 is 0 Å². The van der Waals surface area contributed by atoms with Gasteiger partial charge >= 0.3 is 0 Å². The number of benzene rings is 1. The fraction of sp³-hybridized carbons (Fsp3) is 0.273. The van der Waals surface area contributed by atoms with Crippen LogP contribution in [0.25, 0.3) is 5.69 Å². The number of nitrogens with zero attached hydrogens (tertiary/aromatic N) is 4. The fourth-order valence-electron chi connectivity index (χ4n) is 1.38. The second-order valence-electron chi connectivity index (χ2n) is 3.45. The third-order valence-electron chi connectivity index (χ3n) is 2.15. The van der Waals surface area contributed by atoms with Gasteiger partial charge in [0.15, 0.2) is 0 Å². The Balaban J connectivity index is 2.07. The fourth-order valence-corrected chi connectivity index (χ4v) is 2.10. The van der Waals surface area contributed by atoms with E-state index < -0.39 is 0 Å². The van der Waals surface area contributed by atoms with Crippen molar-refractivity contribution >= 4 is 17.7 Å². The van der Waals surface area contributed by atoms with E-state index in [4.69, 9.17) is 0 Å². The minimum Gasteiger partial charge on any atom is -0.356 e. The minimum absolute atomic E-state index is 0.0230. The second kappa shape index (κ2) is 6.15. The highest BCUT2D eigenvalue weighted by Crippen LogP contribution is 2.17. The average molecular weight is 263 g/mol. The molecule has 1 amide bonds. The van der Waals surface area contributed by atoms with Crippen molar-refractivity contribution in [1.29, 1.82) is 0 Å². The van der Waals surface area contributed by atoms with Crippen LogP contribution in [0.2, 0.25) is 0 Å². The largest absolute Gasteiger partial charge is 0.356 e. The van der Waals surface area contributed by atoms with Gasteiger partial charge in [-0.05, 0) is 29.5 Å². The summed E-state index contributed by atoms with van der Waals surface area (Å²) in [7, 11) is 0. The number of aromatic nitrogens is 4. The zero-order valence-electron chi connectivity index (χ0n) is 9.91. The van der Waals surface area contributed by atoms with Gasteiger partial charge in [-0.25, -0.2) is 0 Å². The molecule has 7 heteroatoms. The number of tetrazole rings is 1. The summed E-state index contributed by atoms with van der Waals surface area (Å²) in [6, 6.07) is 9.57. The Kier molecular flexibility index (Phi) is 4.30. The molecule has 0 unspecified atom stereocenters. The summed E-state index contributed by atoms with van der Waals surface area (Å²) < 4.78 is 1.61. The van der Waals surface area contributed by atoms with Gasteiger partial charge in [0.25, 0.3) is 0 Å². The minimum atomic E-state index is -0.0230. The average Bonchev–Trinajstić information content (AvgIpc) is 2.86. The molecule has 1 heterocycles. The molecule has 0 atom stereocenters. The zero-order chi connectivity index (χ0) is 12.8. The van der Waals surface area contributed by atoms with Crippen LogP contribution in [0, 0.1) is 0 Å². The summed E-state index contributed by atoms with van der Waals surface area (Å²) in [6.07, 6.45) is 0. The first-order valence-corrected chi connectivity index (χ1v) is 6.53. The van der Waals surface area contributed by atoms with Crippen molar-refractivity contribution in [2.24, 2.45) is 0 Å². The summed E-state index contributed by atoms with van der Waals surface area (Å²) in [5, 5.41) is 14.8. The lowest BCUT2D eigenvalue weighted by Gasteiger charge is -2.03. The Labute approximate surface area is 109 Å². The topological polar surface area (TPSA) is 72.7 Å². The van der Waals surface area contributed by atoms with Crippen LogP contribution in [0.15, 0.2) is 35.5 Å². The smallest absolute Gasteiger partial charge is 0.230 e. The van der Waals surface area contributed by atoms with E-state index in [9.17, 15) is 4.79 Å². The highest BCUT2D eigenvalue weighted by Gasteiger charge is 2.10. The molecule has 0 bridgehead atoms. The molecule has 0 saturated carbocycles. The SMILES string of the molecule is CCNC(=O)CSc1nnnn1-c1ccccc1. The second-order valence-corrected chi connectivity index (χ2v) is 4.39. The molecule has 2 rings (SSSR count). The summed E-state index contributed by atoms with van der Waals surface area (Å²) in [4.78, 5) is 11.4. The molecule has 0 saturated heterocycles. The molecule has 6 nitrogen and oxygen atoms in total. The first-order chi connectivity index (χ1) is 8.81. The molecule has 1 aromatic carbocycles. The maximum absolute atomic E-state index is 11.4. The van der Waals surface area contributed by atoms with Crippen molar-refractivity contribution in [2.45, 2.75) is 12.1 Å². The molecule has 1 N–H and O–H groups in total. The van der Waals surface area contributed by atoms with Gasteiger partial charge in [-0.15, -0.1) is 5.10 Å². The molecule has 0 aliphatic heterocycles. The number of nitrogens with one attached hydrogen (secondary N) is 1. The van der Waals surface area contributed by atoms with E-state index in [0.29, 0.717) is 17.5 Å². The van der Waals surface area contributed by atoms with Crippen molar-refractivity contribution in [3.63, 3.8) is 0 Å². The first-order valence-electron chi connectivity index (χ1n) is 5.54. The molecule has 0 fully saturated rings. The number of amides is 1. The number of carbonyl (C=O) groups is 1. The number of para-hydroxylation sites is 1. The summed E-state index contributed by atoms with van der Waals surface area (Å²) in [5.41, 5.74) is 0.876. The van der Waals surface area contributed by atoms with Gasteiger partial charge in [-0.3, -0.25) is 4.79 Å². The lowest BCUT2D eigenvalue weighted by atomic mass is 10.3. The third kappa shape index (κ3) is 3.07. The van der Waals surface area contributed by atoms with Gasteiger partial charge in [0.2, 0.25) is 11.1 Å². The maximum Gasteiger partial charge on any atom is 0.230 e. The van der Waals surface area contributed by atoms with Crippen molar-refractivity contribution in [1.82, 2.24) is 25.5 Å². The molecule has 0 spiro atoms. The lowest BCUT2D eigenvalue weighted by Crippen LogP contribution is -2.24. The van der Waals surface area contributed by atoms with E-state index in [2.05, 4.69) is 20.8 Å². The predicted octanol–water partition coefficient (Wildman–Crippen LogP) is 0.890. The van der Waals surface area contributed by atoms with Gasteiger partial charge in [0.1, 0.15) is 0 Å². The number of hydrogen-bond acceptors (Lipinski definition) is 5. The van der Waals surface area contributed by atoms with E-state index in [-0.39, 0.29) is 5.91 Å². The molecule has 0 aliphatic carbocycles. The highest BCUT2D eigenvalue weighted by atomic mass is 32.2. The number of rotatable bonds is 5. The Morgan fingerprint density at radius 3 is 2.89 bits per heavy atom.